The minimum absolute atomic E-state index is 0.0113. The van der Waals surface area contributed by atoms with Crippen LogP contribution in [0.3, 0.4) is 0 Å². The lowest BCUT2D eigenvalue weighted by Crippen LogP contribution is -2.36. The number of hydrogen-bond acceptors (Lipinski definition) is 4. The van der Waals surface area contributed by atoms with Crippen molar-refractivity contribution < 1.29 is 8.42 Å². The van der Waals surface area contributed by atoms with Crippen LogP contribution in [0.25, 0.3) is 0 Å². The van der Waals surface area contributed by atoms with Gasteiger partial charge in [-0.3, -0.25) is 0 Å². The maximum Gasteiger partial charge on any atom is 0.243 e. The van der Waals surface area contributed by atoms with Gasteiger partial charge in [0.25, 0.3) is 0 Å². The standard InChI is InChI=1S/C10H10Cl2N2O2S2/c11-9-4-8(10(12)17-9)18(15,16)14-7-3-1-2-6(7)5-13/h4,6-7,14H,1-3H2. The van der Waals surface area contributed by atoms with Crippen molar-refractivity contribution in [3.8, 4) is 6.07 Å². The molecule has 0 bridgehead atoms. The van der Waals surface area contributed by atoms with Gasteiger partial charge in [0.2, 0.25) is 10.0 Å². The van der Waals surface area contributed by atoms with Crippen molar-refractivity contribution >= 4 is 44.6 Å². The zero-order valence-electron chi connectivity index (χ0n) is 9.19. The van der Waals surface area contributed by atoms with E-state index in [-0.39, 0.29) is 21.2 Å². The second kappa shape index (κ2) is 5.35. The molecule has 0 spiro atoms. The Kier molecular flexibility index (Phi) is 4.19. The van der Waals surface area contributed by atoms with E-state index >= 15 is 0 Å². The molecule has 8 heteroatoms. The maximum atomic E-state index is 12.1. The lowest BCUT2D eigenvalue weighted by molar-refractivity contribution is 0.515. The Hall–Kier alpha value is -0.320. The molecule has 98 valence electrons. The molecule has 2 unspecified atom stereocenters. The van der Waals surface area contributed by atoms with Gasteiger partial charge in [-0.1, -0.05) is 29.6 Å². The number of nitrogens with one attached hydrogen (secondary N) is 1. The maximum absolute atomic E-state index is 12.1. The third kappa shape index (κ3) is 2.81. The fourth-order valence-electron chi connectivity index (χ4n) is 2.03. The lowest BCUT2D eigenvalue weighted by Gasteiger charge is -2.15. The van der Waals surface area contributed by atoms with E-state index in [0.29, 0.717) is 10.8 Å². The number of sulfonamides is 1. The van der Waals surface area contributed by atoms with E-state index in [1.54, 1.807) is 0 Å². The van der Waals surface area contributed by atoms with E-state index in [0.717, 1.165) is 24.2 Å². The molecule has 1 aliphatic rings. The van der Waals surface area contributed by atoms with Gasteiger partial charge >= 0.3 is 0 Å². The molecule has 0 radical (unpaired) electrons. The molecule has 1 aromatic heterocycles. The molecule has 18 heavy (non-hydrogen) atoms. The van der Waals surface area contributed by atoms with Crippen LogP contribution in [0.2, 0.25) is 8.67 Å². The Morgan fingerprint density at radius 3 is 2.72 bits per heavy atom. The Morgan fingerprint density at radius 2 is 2.17 bits per heavy atom. The molecule has 1 N–H and O–H groups in total. The van der Waals surface area contributed by atoms with E-state index in [1.165, 1.54) is 6.07 Å². The van der Waals surface area contributed by atoms with Crippen LogP contribution in [0.4, 0.5) is 0 Å². The van der Waals surface area contributed by atoms with Crippen LogP contribution < -0.4 is 4.72 Å². The van der Waals surface area contributed by atoms with Gasteiger partial charge in [-0.15, -0.1) is 11.3 Å². The molecule has 4 nitrogen and oxygen atoms in total. The van der Waals surface area contributed by atoms with E-state index in [4.69, 9.17) is 28.5 Å². The summed E-state index contributed by atoms with van der Waals surface area (Å²) in [6, 6.07) is 3.11. The molecule has 1 aliphatic carbocycles. The largest absolute Gasteiger partial charge is 0.243 e. The minimum atomic E-state index is -3.70. The van der Waals surface area contributed by atoms with Crippen LogP contribution in [0, 0.1) is 17.2 Å². The number of halogens is 2. The Bertz CT molecular complexity index is 592. The average Bonchev–Trinajstić information content (AvgIpc) is 2.84. The Morgan fingerprint density at radius 1 is 1.44 bits per heavy atom. The van der Waals surface area contributed by atoms with Crippen molar-refractivity contribution in [2.75, 3.05) is 0 Å². The van der Waals surface area contributed by atoms with Crippen LogP contribution in [-0.4, -0.2) is 14.5 Å². The second-order valence-corrected chi connectivity index (χ2v) is 8.05. The monoisotopic (exact) mass is 324 g/mol. The van der Waals surface area contributed by atoms with Crippen LogP contribution in [0.5, 0.6) is 0 Å². The minimum Gasteiger partial charge on any atom is -0.207 e. The summed E-state index contributed by atoms with van der Waals surface area (Å²) in [5.74, 6) is -0.271. The predicted octanol–water partition coefficient (Wildman–Crippen LogP) is 3.03. The number of thiophene rings is 1. The lowest BCUT2D eigenvalue weighted by atomic mass is 10.1. The van der Waals surface area contributed by atoms with Gasteiger partial charge in [-0.2, -0.15) is 5.26 Å². The first-order valence-electron chi connectivity index (χ1n) is 5.31. The van der Waals surface area contributed by atoms with Gasteiger partial charge in [0.1, 0.15) is 9.23 Å². The molecule has 0 aliphatic heterocycles. The number of hydrogen-bond donors (Lipinski definition) is 1. The van der Waals surface area contributed by atoms with E-state index < -0.39 is 10.0 Å². The summed E-state index contributed by atoms with van der Waals surface area (Å²) in [6.45, 7) is 0. The molecule has 2 rings (SSSR count). The summed E-state index contributed by atoms with van der Waals surface area (Å²) < 4.78 is 27.3. The zero-order chi connectivity index (χ0) is 13.3. The van der Waals surface area contributed by atoms with Gasteiger partial charge in [-0.05, 0) is 18.9 Å². The van der Waals surface area contributed by atoms with Gasteiger partial charge in [-0.25, -0.2) is 13.1 Å². The summed E-state index contributed by atoms with van der Waals surface area (Å²) in [4.78, 5) is -0.0113. The normalized spacial score (nSPS) is 24.1. The Balaban J connectivity index is 2.23. The summed E-state index contributed by atoms with van der Waals surface area (Å²) in [7, 11) is -3.70. The van der Waals surface area contributed by atoms with E-state index in [9.17, 15) is 8.42 Å². The summed E-state index contributed by atoms with van der Waals surface area (Å²) >= 11 is 12.6. The molecule has 0 amide bonds. The molecule has 1 aromatic rings. The van der Waals surface area contributed by atoms with E-state index in [2.05, 4.69) is 10.8 Å². The van der Waals surface area contributed by atoms with Crippen LogP contribution in [0.15, 0.2) is 11.0 Å². The highest BCUT2D eigenvalue weighted by Crippen LogP contribution is 2.35. The average molecular weight is 325 g/mol. The van der Waals surface area contributed by atoms with Gasteiger partial charge < -0.3 is 0 Å². The summed E-state index contributed by atoms with van der Waals surface area (Å²) in [5, 5.41) is 8.93. The quantitative estimate of drug-likeness (QED) is 0.928. The fraction of sp³-hybridized carbons (Fsp3) is 0.500. The van der Waals surface area contributed by atoms with Gasteiger partial charge in [0, 0.05) is 6.04 Å². The highest BCUT2D eigenvalue weighted by molar-refractivity contribution is 7.89. The molecule has 0 aromatic carbocycles. The topological polar surface area (TPSA) is 70.0 Å². The van der Waals surface area contributed by atoms with Crippen LogP contribution in [-0.2, 0) is 10.0 Å². The first kappa shape index (κ1) is 14.1. The predicted molar refractivity (Wildman–Crippen MR) is 71.4 cm³/mol. The van der Waals surface area contributed by atoms with Gasteiger partial charge in [0.15, 0.2) is 0 Å². The van der Waals surface area contributed by atoms with Crippen molar-refractivity contribution in [1.29, 1.82) is 5.26 Å². The first-order valence-corrected chi connectivity index (χ1v) is 8.36. The molecule has 0 saturated heterocycles. The van der Waals surface area contributed by atoms with Crippen LogP contribution in [0.1, 0.15) is 19.3 Å². The summed E-state index contributed by atoms with van der Waals surface area (Å²) in [6.07, 6.45) is 2.25. The molecule has 2 atom stereocenters. The number of nitriles is 1. The third-order valence-electron chi connectivity index (χ3n) is 2.90. The number of nitrogens with zero attached hydrogens (tertiary/aromatic N) is 1. The van der Waals surface area contributed by atoms with Crippen molar-refractivity contribution in [2.24, 2.45) is 5.92 Å². The number of rotatable bonds is 3. The highest BCUT2D eigenvalue weighted by Gasteiger charge is 2.32. The second-order valence-electron chi connectivity index (χ2n) is 4.08. The third-order valence-corrected chi connectivity index (χ3v) is 6.15. The van der Waals surface area contributed by atoms with Crippen molar-refractivity contribution in [1.82, 2.24) is 4.72 Å². The molecular formula is C10H10Cl2N2O2S2. The van der Waals surface area contributed by atoms with Crippen molar-refractivity contribution in [2.45, 2.75) is 30.2 Å². The zero-order valence-corrected chi connectivity index (χ0v) is 12.3. The Labute approximate surface area is 120 Å². The highest BCUT2D eigenvalue weighted by atomic mass is 35.5. The molecule has 1 saturated carbocycles. The van der Waals surface area contributed by atoms with Crippen molar-refractivity contribution in [3.63, 3.8) is 0 Å². The SMILES string of the molecule is N#CC1CCCC1NS(=O)(=O)c1cc(Cl)sc1Cl. The fourth-order valence-corrected chi connectivity index (χ4v) is 5.49. The van der Waals surface area contributed by atoms with Gasteiger partial charge in [0.05, 0.1) is 16.3 Å². The molecular weight excluding hydrogens is 315 g/mol. The smallest absolute Gasteiger partial charge is 0.207 e. The first-order chi connectivity index (χ1) is 8.44. The summed E-state index contributed by atoms with van der Waals surface area (Å²) in [5.41, 5.74) is 0. The van der Waals surface area contributed by atoms with Crippen LogP contribution >= 0.6 is 34.5 Å². The van der Waals surface area contributed by atoms with E-state index in [1.807, 2.05) is 0 Å². The molecule has 1 heterocycles. The molecule has 1 fully saturated rings. The van der Waals surface area contributed by atoms with Crippen molar-refractivity contribution in [3.05, 3.63) is 14.7 Å².